The first-order valence-corrected chi connectivity index (χ1v) is 2.78. The normalized spacial score (nSPS) is 11.2. The van der Waals surface area contributed by atoms with Crippen molar-refractivity contribution in [2.75, 3.05) is 14.1 Å². The van der Waals surface area contributed by atoms with Crippen molar-refractivity contribution in [3.05, 3.63) is 0 Å². The molecule has 0 N–H and O–H groups in total. The highest BCUT2D eigenvalue weighted by molar-refractivity contribution is 5.83. The largest absolute Gasteiger partial charge is 0.346 e. The van der Waals surface area contributed by atoms with Crippen LogP contribution in [0.2, 0.25) is 0 Å². The van der Waals surface area contributed by atoms with E-state index in [1.54, 1.807) is 14.1 Å². The Labute approximate surface area is 55.3 Å². The Kier molecular flexibility index (Phi) is 2.20. The van der Waals surface area contributed by atoms with Crippen molar-refractivity contribution in [2.45, 2.75) is 19.4 Å². The Morgan fingerprint density at radius 2 is 1.67 bits per heavy atom. The zero-order chi connectivity index (χ0) is 7.65. The molecule has 0 spiro atoms. The van der Waals surface area contributed by atoms with Crippen LogP contribution in [0.1, 0.15) is 13.8 Å². The number of likely N-dealkylation sites (N-methyl/N-ethyl adjacent to an activating group) is 1. The van der Waals surface area contributed by atoms with Gasteiger partial charge in [-0.25, -0.2) is 5.11 Å². The fourth-order valence-corrected chi connectivity index (χ4v) is 0.539. The maximum absolute atomic E-state index is 10.9. The van der Waals surface area contributed by atoms with Gasteiger partial charge in [-0.15, -0.1) is 0 Å². The van der Waals surface area contributed by atoms with Gasteiger partial charge in [-0.3, -0.25) is 4.79 Å². The number of nitrogens with zero attached hydrogens (tertiary/aromatic N) is 1. The van der Waals surface area contributed by atoms with Crippen LogP contribution >= 0.6 is 0 Å². The maximum atomic E-state index is 10.9. The van der Waals surface area contributed by atoms with Crippen LogP contribution in [0.3, 0.4) is 0 Å². The van der Waals surface area contributed by atoms with E-state index in [9.17, 15) is 9.90 Å². The minimum atomic E-state index is -1.48. The zero-order valence-electron chi connectivity index (χ0n) is 6.26. The van der Waals surface area contributed by atoms with E-state index in [0.29, 0.717) is 0 Å². The summed E-state index contributed by atoms with van der Waals surface area (Å²) in [5, 5.41) is 10.9. The summed E-state index contributed by atoms with van der Waals surface area (Å²) >= 11 is 0. The van der Waals surface area contributed by atoms with Gasteiger partial charge in [0.25, 0.3) is 5.91 Å². The lowest BCUT2D eigenvalue weighted by atomic mass is 10.1. The first-order chi connectivity index (χ1) is 3.85. The number of rotatable bonds is 1. The molecule has 0 aliphatic heterocycles. The monoisotopic (exact) mass is 130 g/mol. The quantitative estimate of drug-likeness (QED) is 0.502. The molecule has 0 saturated carbocycles. The molecule has 0 heterocycles. The zero-order valence-corrected chi connectivity index (χ0v) is 6.26. The minimum Gasteiger partial charge on any atom is -0.346 e. The van der Waals surface area contributed by atoms with E-state index in [1.165, 1.54) is 18.7 Å². The lowest BCUT2D eigenvalue weighted by Crippen LogP contribution is -2.39. The maximum Gasteiger partial charge on any atom is 0.257 e. The highest BCUT2D eigenvalue weighted by Crippen LogP contribution is 2.04. The molecule has 3 nitrogen and oxygen atoms in total. The van der Waals surface area contributed by atoms with E-state index in [2.05, 4.69) is 0 Å². The lowest BCUT2D eigenvalue weighted by Gasteiger charge is -2.18. The molecule has 0 aromatic rings. The van der Waals surface area contributed by atoms with Crippen molar-refractivity contribution in [3.63, 3.8) is 0 Å². The molecule has 0 bridgehead atoms. The number of carbonyl (C=O) groups is 1. The molecule has 1 amide bonds. The second-order valence-electron chi connectivity index (χ2n) is 2.71. The molecule has 0 aliphatic rings. The van der Waals surface area contributed by atoms with Gasteiger partial charge in [0.05, 0.1) is 0 Å². The summed E-state index contributed by atoms with van der Waals surface area (Å²) in [7, 11) is 3.14. The summed E-state index contributed by atoms with van der Waals surface area (Å²) in [6.07, 6.45) is 0. The van der Waals surface area contributed by atoms with E-state index >= 15 is 0 Å². The molecule has 1 radical (unpaired) electrons. The number of amides is 1. The number of hydrogen-bond donors (Lipinski definition) is 0. The molecule has 0 unspecified atom stereocenters. The molecule has 0 rings (SSSR count). The Morgan fingerprint density at radius 3 is 1.67 bits per heavy atom. The van der Waals surface area contributed by atoms with Crippen LogP contribution in [-0.4, -0.2) is 30.5 Å². The summed E-state index contributed by atoms with van der Waals surface area (Å²) in [6.45, 7) is 2.71. The predicted molar refractivity (Wildman–Crippen MR) is 33.5 cm³/mol. The van der Waals surface area contributed by atoms with Gasteiger partial charge in [-0.1, -0.05) is 0 Å². The molecule has 0 aliphatic carbocycles. The van der Waals surface area contributed by atoms with Crippen molar-refractivity contribution in [3.8, 4) is 0 Å². The van der Waals surface area contributed by atoms with Gasteiger partial charge < -0.3 is 4.90 Å². The first-order valence-electron chi connectivity index (χ1n) is 2.78. The highest BCUT2D eigenvalue weighted by atomic mass is 16.3. The van der Waals surface area contributed by atoms with Gasteiger partial charge in [0.2, 0.25) is 0 Å². The topological polar surface area (TPSA) is 40.2 Å². The van der Waals surface area contributed by atoms with Crippen molar-refractivity contribution < 1.29 is 9.90 Å². The molecule has 0 saturated heterocycles. The van der Waals surface area contributed by atoms with Crippen molar-refractivity contribution in [2.24, 2.45) is 0 Å². The molecule has 0 fully saturated rings. The van der Waals surface area contributed by atoms with Gasteiger partial charge in [-0.2, -0.15) is 0 Å². The smallest absolute Gasteiger partial charge is 0.257 e. The molecule has 9 heavy (non-hydrogen) atoms. The van der Waals surface area contributed by atoms with Crippen LogP contribution in [-0.2, 0) is 9.90 Å². The highest BCUT2D eigenvalue weighted by Gasteiger charge is 2.27. The van der Waals surface area contributed by atoms with Gasteiger partial charge in [-0.05, 0) is 13.8 Å². The van der Waals surface area contributed by atoms with Crippen LogP contribution in [0.5, 0.6) is 0 Å². The molecular formula is C6H12NO2. The molecule has 0 atom stereocenters. The fourth-order valence-electron chi connectivity index (χ4n) is 0.539. The summed E-state index contributed by atoms with van der Waals surface area (Å²) in [5.74, 6) is -0.387. The summed E-state index contributed by atoms with van der Waals surface area (Å²) in [4.78, 5) is 12.1. The summed E-state index contributed by atoms with van der Waals surface area (Å²) < 4.78 is 0. The number of carbonyl (C=O) groups excluding carboxylic acids is 1. The SMILES string of the molecule is CN(C)C(=O)C(C)(C)[O]. The van der Waals surface area contributed by atoms with Crippen molar-refractivity contribution in [1.29, 1.82) is 0 Å². The third-order valence-electron chi connectivity index (χ3n) is 0.921. The van der Waals surface area contributed by atoms with Gasteiger partial charge >= 0.3 is 0 Å². The average Bonchev–Trinajstić information content (AvgIpc) is 1.62. The van der Waals surface area contributed by atoms with Gasteiger partial charge in [0.1, 0.15) is 0 Å². The van der Waals surface area contributed by atoms with Crippen LogP contribution in [0, 0.1) is 0 Å². The lowest BCUT2D eigenvalue weighted by molar-refractivity contribution is -0.151. The molecular weight excluding hydrogens is 118 g/mol. The fraction of sp³-hybridized carbons (Fsp3) is 0.833. The number of hydrogen-bond acceptors (Lipinski definition) is 1. The van der Waals surface area contributed by atoms with Crippen LogP contribution in [0.4, 0.5) is 0 Å². The second kappa shape index (κ2) is 2.35. The standard InChI is InChI=1S/C6H12NO2/c1-6(2,9)5(8)7(3)4/h1-4H3. The van der Waals surface area contributed by atoms with E-state index in [1.807, 2.05) is 0 Å². The third kappa shape index (κ3) is 2.46. The van der Waals surface area contributed by atoms with E-state index in [-0.39, 0.29) is 5.91 Å². The van der Waals surface area contributed by atoms with Crippen LogP contribution in [0.15, 0.2) is 0 Å². The predicted octanol–water partition coefficient (Wildman–Crippen LogP) is 0.284. The molecule has 0 aromatic heterocycles. The van der Waals surface area contributed by atoms with Crippen molar-refractivity contribution >= 4 is 5.91 Å². The van der Waals surface area contributed by atoms with Crippen LogP contribution < -0.4 is 0 Å². The summed E-state index contributed by atoms with van der Waals surface area (Å²) in [5.41, 5.74) is -1.48. The second-order valence-corrected chi connectivity index (χ2v) is 2.71. The van der Waals surface area contributed by atoms with E-state index < -0.39 is 5.60 Å². The molecule has 53 valence electrons. The molecule has 0 aromatic carbocycles. The minimum absolute atomic E-state index is 0.387. The van der Waals surface area contributed by atoms with E-state index in [0.717, 1.165) is 0 Å². The van der Waals surface area contributed by atoms with E-state index in [4.69, 9.17) is 0 Å². The van der Waals surface area contributed by atoms with Gasteiger partial charge in [0.15, 0.2) is 5.60 Å². The first kappa shape index (κ1) is 8.43. The Morgan fingerprint density at radius 1 is 1.33 bits per heavy atom. The van der Waals surface area contributed by atoms with Gasteiger partial charge in [0, 0.05) is 14.1 Å². The molecule has 3 heteroatoms. The summed E-state index contributed by atoms with van der Waals surface area (Å²) in [6, 6.07) is 0. The Bertz CT molecular complexity index is 113. The third-order valence-corrected chi connectivity index (χ3v) is 0.921. The average molecular weight is 130 g/mol. The van der Waals surface area contributed by atoms with Crippen LogP contribution in [0.25, 0.3) is 0 Å². The Balaban J connectivity index is 4.06. The van der Waals surface area contributed by atoms with Crippen molar-refractivity contribution in [1.82, 2.24) is 4.90 Å². The Hall–Kier alpha value is -0.570.